The van der Waals surface area contributed by atoms with Crippen LogP contribution in [0.15, 0.2) is 24.3 Å². The number of hydrogen-bond acceptors (Lipinski definition) is 8. The SMILES string of the molecule is C/C=C/C(=O)CC(=O)N(C)OC.C/C=C/[C@H](O)CC(=O)N(C)OC.S.S=S. The number of hydroxylamine groups is 4. The highest BCUT2D eigenvalue weighted by atomic mass is 32.8. The molecule has 0 aliphatic heterocycles. The van der Waals surface area contributed by atoms with E-state index < -0.39 is 6.10 Å². The normalized spacial score (nSPS) is 10.6. The minimum atomic E-state index is -0.722. The molecule has 8 nitrogen and oxygen atoms in total. The zero-order valence-electron chi connectivity index (χ0n) is 16.5. The lowest BCUT2D eigenvalue weighted by Gasteiger charge is -2.14. The fraction of sp³-hybridized carbons (Fsp3) is 0.562. The van der Waals surface area contributed by atoms with E-state index in [0.717, 1.165) is 10.1 Å². The predicted molar refractivity (Wildman–Crippen MR) is 115 cm³/mol. The monoisotopic (exact) mass is 442 g/mol. The van der Waals surface area contributed by atoms with Gasteiger partial charge in [0.1, 0.15) is 0 Å². The lowest BCUT2D eigenvalue weighted by Crippen LogP contribution is -2.28. The number of carbonyl (C=O) groups is 3. The standard InChI is InChI=1S/C8H15NO3.C8H13NO3.S2.H2S/c2*1-4-5-7(10)6-8(11)9(2)12-3;1-2;/h4-5,7,10H,6H2,1-3H3;4-5H,6H2,1-3H3;;1H2/b2*5-4+;;/t7-;;;/m0.../s1. The van der Waals surface area contributed by atoms with Crippen LogP contribution in [0.3, 0.4) is 0 Å². The molecule has 0 saturated carbocycles. The fourth-order valence-electron chi connectivity index (χ4n) is 1.31. The highest BCUT2D eigenvalue weighted by Gasteiger charge is 2.12. The van der Waals surface area contributed by atoms with Gasteiger partial charge in [-0.15, -0.1) is 0 Å². The van der Waals surface area contributed by atoms with Gasteiger partial charge in [-0.2, -0.15) is 13.5 Å². The van der Waals surface area contributed by atoms with Crippen LogP contribution in [0.1, 0.15) is 26.7 Å². The van der Waals surface area contributed by atoms with Crippen molar-refractivity contribution in [3.05, 3.63) is 24.3 Å². The average Bonchev–Trinajstić information content (AvgIpc) is 2.62. The van der Waals surface area contributed by atoms with Gasteiger partial charge in [0.15, 0.2) is 5.78 Å². The molecule has 158 valence electrons. The summed E-state index contributed by atoms with van der Waals surface area (Å²) in [6.07, 6.45) is 5.40. The summed E-state index contributed by atoms with van der Waals surface area (Å²) in [6, 6.07) is 0. The van der Waals surface area contributed by atoms with E-state index >= 15 is 0 Å². The maximum atomic E-state index is 11.1. The van der Waals surface area contributed by atoms with Crippen molar-refractivity contribution in [3.8, 4) is 0 Å². The molecule has 0 rings (SSSR count). The van der Waals surface area contributed by atoms with Crippen LogP contribution in [0.4, 0.5) is 0 Å². The Morgan fingerprint density at radius 2 is 1.44 bits per heavy atom. The topological polar surface area (TPSA) is 96.4 Å². The first-order chi connectivity index (χ1) is 12.2. The van der Waals surface area contributed by atoms with Gasteiger partial charge in [-0.05, 0) is 19.9 Å². The van der Waals surface area contributed by atoms with Gasteiger partial charge in [0, 0.05) is 36.5 Å². The van der Waals surface area contributed by atoms with Crippen LogP contribution < -0.4 is 0 Å². The number of amides is 2. The minimum Gasteiger partial charge on any atom is -0.389 e. The molecule has 0 fully saturated rings. The Kier molecular flexibility index (Phi) is 28.2. The summed E-state index contributed by atoms with van der Waals surface area (Å²) in [5.41, 5.74) is 0. The van der Waals surface area contributed by atoms with Crippen molar-refractivity contribution in [1.82, 2.24) is 10.1 Å². The molecule has 27 heavy (non-hydrogen) atoms. The quantitative estimate of drug-likeness (QED) is 0.257. The van der Waals surface area contributed by atoms with E-state index in [4.69, 9.17) is 0 Å². The molecule has 0 aromatic carbocycles. The zero-order chi connectivity index (χ0) is 21.1. The number of rotatable bonds is 8. The maximum Gasteiger partial charge on any atom is 0.253 e. The molecule has 2 amide bonds. The van der Waals surface area contributed by atoms with Gasteiger partial charge in [-0.25, -0.2) is 10.1 Å². The van der Waals surface area contributed by atoms with Crippen LogP contribution in [0.25, 0.3) is 0 Å². The van der Waals surface area contributed by atoms with Crippen LogP contribution in [-0.2, 0) is 46.4 Å². The highest BCUT2D eigenvalue weighted by Crippen LogP contribution is 1.98. The van der Waals surface area contributed by atoms with Crippen molar-refractivity contribution in [1.29, 1.82) is 0 Å². The number of allylic oxidation sites excluding steroid dienone is 3. The predicted octanol–water partition coefficient (Wildman–Crippen LogP) is 0.983. The van der Waals surface area contributed by atoms with E-state index in [1.807, 2.05) is 0 Å². The van der Waals surface area contributed by atoms with Crippen molar-refractivity contribution >= 4 is 53.5 Å². The summed E-state index contributed by atoms with van der Waals surface area (Å²) in [5, 5.41) is 11.3. The fourth-order valence-corrected chi connectivity index (χ4v) is 1.31. The smallest absolute Gasteiger partial charge is 0.253 e. The minimum absolute atomic E-state index is 0. The lowest BCUT2D eigenvalue weighted by molar-refractivity contribution is -0.170. The first kappa shape index (κ1) is 33.4. The Bertz CT molecular complexity index is 475. The highest BCUT2D eigenvalue weighted by molar-refractivity contribution is 8.07. The third-order valence-corrected chi connectivity index (χ3v) is 2.73. The molecule has 0 saturated heterocycles. The third kappa shape index (κ3) is 20.9. The van der Waals surface area contributed by atoms with Crippen LogP contribution in [0.5, 0.6) is 0 Å². The molecule has 1 N–H and O–H groups in total. The zero-order valence-corrected chi connectivity index (χ0v) is 19.1. The molecule has 0 heterocycles. The largest absolute Gasteiger partial charge is 0.389 e. The van der Waals surface area contributed by atoms with E-state index in [2.05, 4.69) is 32.1 Å². The summed E-state index contributed by atoms with van der Waals surface area (Å²) in [4.78, 5) is 42.2. The second-order valence-electron chi connectivity index (χ2n) is 4.59. The van der Waals surface area contributed by atoms with Crippen molar-refractivity contribution < 1.29 is 29.2 Å². The maximum absolute atomic E-state index is 11.1. The average molecular weight is 443 g/mol. The van der Waals surface area contributed by atoms with Crippen LogP contribution >= 0.6 is 13.5 Å². The molecule has 0 aliphatic carbocycles. The van der Waals surface area contributed by atoms with Crippen LogP contribution in [0.2, 0.25) is 0 Å². The van der Waals surface area contributed by atoms with Gasteiger partial charge < -0.3 is 5.11 Å². The molecule has 0 spiro atoms. The Hall–Kier alpha value is -1.24. The Balaban J connectivity index is -0.000000173. The number of ketones is 1. The summed E-state index contributed by atoms with van der Waals surface area (Å²) in [6.45, 7) is 3.51. The molecule has 0 aliphatic rings. The number of carbonyl (C=O) groups excluding carboxylic acids is 3. The Morgan fingerprint density at radius 1 is 1.00 bits per heavy atom. The van der Waals surface area contributed by atoms with E-state index in [9.17, 15) is 19.5 Å². The van der Waals surface area contributed by atoms with E-state index in [-0.39, 0.29) is 43.9 Å². The lowest BCUT2D eigenvalue weighted by atomic mass is 10.2. The van der Waals surface area contributed by atoms with Crippen molar-refractivity contribution in [3.63, 3.8) is 0 Å². The summed E-state index contributed by atoms with van der Waals surface area (Å²) >= 11 is 7.33. The van der Waals surface area contributed by atoms with Gasteiger partial charge in [-0.1, -0.05) is 18.2 Å². The summed E-state index contributed by atoms with van der Waals surface area (Å²) in [5.74, 6) is -0.810. The number of nitrogens with zero attached hydrogens (tertiary/aromatic N) is 2. The number of aliphatic hydroxyl groups excluding tert-OH is 1. The molecular formula is C16H30N2O6S3. The second kappa shape index (κ2) is 22.8. The first-order valence-electron chi connectivity index (χ1n) is 7.47. The van der Waals surface area contributed by atoms with Crippen molar-refractivity contribution in [2.75, 3.05) is 28.3 Å². The molecule has 11 heteroatoms. The molecule has 0 aromatic heterocycles. The van der Waals surface area contributed by atoms with Crippen LogP contribution in [-0.4, -0.2) is 67.2 Å². The van der Waals surface area contributed by atoms with Gasteiger partial charge >= 0.3 is 0 Å². The molecule has 0 unspecified atom stereocenters. The van der Waals surface area contributed by atoms with Crippen molar-refractivity contribution in [2.24, 2.45) is 0 Å². The summed E-state index contributed by atoms with van der Waals surface area (Å²) in [7, 11) is 5.74. The second-order valence-corrected chi connectivity index (χ2v) is 4.59. The summed E-state index contributed by atoms with van der Waals surface area (Å²) < 4.78 is 0. The third-order valence-electron chi connectivity index (χ3n) is 2.73. The Morgan fingerprint density at radius 3 is 1.81 bits per heavy atom. The van der Waals surface area contributed by atoms with E-state index in [1.54, 1.807) is 32.1 Å². The van der Waals surface area contributed by atoms with Gasteiger partial charge in [0.25, 0.3) is 5.91 Å². The van der Waals surface area contributed by atoms with Gasteiger partial charge in [0.05, 0.1) is 33.2 Å². The Labute approximate surface area is 178 Å². The molecule has 1 atom stereocenters. The van der Waals surface area contributed by atoms with Gasteiger partial charge in [-0.3, -0.25) is 24.1 Å². The first-order valence-corrected chi connectivity index (χ1v) is 8.81. The van der Waals surface area contributed by atoms with E-state index in [1.165, 1.54) is 34.4 Å². The molecule has 0 bridgehead atoms. The number of hydrogen-bond donors (Lipinski definition) is 1. The van der Waals surface area contributed by atoms with Crippen LogP contribution in [0, 0.1) is 0 Å². The van der Waals surface area contributed by atoms with Gasteiger partial charge in [0.2, 0.25) is 5.91 Å². The molecule has 0 aromatic rings. The van der Waals surface area contributed by atoms with Crippen molar-refractivity contribution in [2.45, 2.75) is 32.8 Å². The number of aliphatic hydroxyl groups is 1. The molecular weight excluding hydrogens is 412 g/mol. The van der Waals surface area contributed by atoms with E-state index in [0.29, 0.717) is 0 Å². The molecule has 0 radical (unpaired) electrons.